The number of thioether (sulfide) groups is 1. The summed E-state index contributed by atoms with van der Waals surface area (Å²) in [5, 5.41) is 12.4. The van der Waals surface area contributed by atoms with Crippen molar-refractivity contribution in [2.24, 2.45) is 0 Å². The summed E-state index contributed by atoms with van der Waals surface area (Å²) in [6.07, 6.45) is 2.51. The van der Waals surface area contributed by atoms with Crippen molar-refractivity contribution in [3.8, 4) is 5.75 Å². The van der Waals surface area contributed by atoms with E-state index in [1.165, 1.54) is 0 Å². The predicted octanol–water partition coefficient (Wildman–Crippen LogP) is 3.59. The third kappa shape index (κ3) is 4.52. The zero-order valence-electron chi connectivity index (χ0n) is 13.4. The molecule has 0 aliphatic carbocycles. The van der Waals surface area contributed by atoms with Crippen LogP contribution in [-0.4, -0.2) is 29.5 Å². The van der Waals surface area contributed by atoms with E-state index in [-0.39, 0.29) is 11.7 Å². The van der Waals surface area contributed by atoms with Gasteiger partial charge in [-0.05, 0) is 42.7 Å². The molecule has 4 nitrogen and oxygen atoms in total. The number of nitrogens with one attached hydrogen (secondary N) is 1. The van der Waals surface area contributed by atoms with Crippen LogP contribution < -0.4 is 5.32 Å². The van der Waals surface area contributed by atoms with Crippen LogP contribution in [0.15, 0.2) is 53.4 Å². The minimum absolute atomic E-state index is 0.103. The van der Waals surface area contributed by atoms with E-state index in [2.05, 4.69) is 5.32 Å². The van der Waals surface area contributed by atoms with Gasteiger partial charge in [0.2, 0.25) is 0 Å². The Bertz CT molecular complexity index is 699. The molecular formula is C19H21NO3S. The second kappa shape index (κ2) is 8.22. The van der Waals surface area contributed by atoms with Crippen molar-refractivity contribution in [3.63, 3.8) is 0 Å². The van der Waals surface area contributed by atoms with Gasteiger partial charge in [0.25, 0.3) is 5.91 Å². The second-order valence-corrected chi connectivity index (χ2v) is 6.86. The van der Waals surface area contributed by atoms with Crippen LogP contribution in [0.4, 0.5) is 0 Å². The molecule has 1 unspecified atom stereocenters. The molecule has 2 aromatic rings. The number of amides is 1. The van der Waals surface area contributed by atoms with E-state index >= 15 is 0 Å². The minimum atomic E-state index is -0.103. The molecule has 0 radical (unpaired) electrons. The first-order valence-electron chi connectivity index (χ1n) is 8.12. The van der Waals surface area contributed by atoms with Crippen LogP contribution in [0.3, 0.4) is 0 Å². The van der Waals surface area contributed by atoms with Crippen LogP contribution in [0, 0.1) is 0 Å². The van der Waals surface area contributed by atoms with Gasteiger partial charge in [-0.25, -0.2) is 0 Å². The molecule has 3 rings (SSSR count). The van der Waals surface area contributed by atoms with Crippen LogP contribution in [-0.2, 0) is 11.3 Å². The zero-order valence-corrected chi connectivity index (χ0v) is 14.2. The lowest BCUT2D eigenvalue weighted by Gasteiger charge is -2.12. The number of aromatic hydroxyl groups is 1. The monoisotopic (exact) mass is 343 g/mol. The molecule has 1 saturated heterocycles. The van der Waals surface area contributed by atoms with E-state index in [4.69, 9.17) is 4.74 Å². The van der Waals surface area contributed by atoms with E-state index in [9.17, 15) is 9.90 Å². The molecule has 1 aliphatic rings. The van der Waals surface area contributed by atoms with Crippen LogP contribution in [0.2, 0.25) is 0 Å². The Balaban J connectivity index is 1.61. The van der Waals surface area contributed by atoms with Gasteiger partial charge in [0.15, 0.2) is 0 Å². The summed E-state index contributed by atoms with van der Waals surface area (Å²) in [6, 6.07) is 14.5. The van der Waals surface area contributed by atoms with E-state index in [0.717, 1.165) is 35.7 Å². The molecule has 1 amide bonds. The van der Waals surface area contributed by atoms with E-state index in [0.29, 0.717) is 18.2 Å². The first-order valence-corrected chi connectivity index (χ1v) is 9.10. The molecular weight excluding hydrogens is 322 g/mol. The van der Waals surface area contributed by atoms with Crippen molar-refractivity contribution >= 4 is 17.7 Å². The maximum absolute atomic E-state index is 12.5. The average Bonchev–Trinajstić information content (AvgIpc) is 3.12. The van der Waals surface area contributed by atoms with Crippen molar-refractivity contribution in [1.29, 1.82) is 0 Å². The lowest BCUT2D eigenvalue weighted by Crippen LogP contribution is -2.23. The molecule has 1 heterocycles. The second-order valence-electron chi connectivity index (χ2n) is 5.79. The number of carbonyl (C=O) groups is 1. The lowest BCUT2D eigenvalue weighted by atomic mass is 10.2. The zero-order chi connectivity index (χ0) is 16.8. The number of ether oxygens (including phenoxy) is 1. The van der Waals surface area contributed by atoms with Crippen LogP contribution in [0.1, 0.15) is 28.8 Å². The standard InChI is InChI=1S/C19H21NO3S/c21-15-6-3-5-14(11-15)12-20-19(22)17-8-1-2-9-18(17)24-13-16-7-4-10-23-16/h1-3,5-6,8-9,11,16,21H,4,7,10,12-13H2,(H,20,22). The van der Waals surface area contributed by atoms with E-state index in [1.807, 2.05) is 30.3 Å². The quantitative estimate of drug-likeness (QED) is 0.787. The highest BCUT2D eigenvalue weighted by Gasteiger charge is 2.17. The maximum atomic E-state index is 12.5. The number of rotatable bonds is 6. The normalized spacial score (nSPS) is 16.9. The van der Waals surface area contributed by atoms with E-state index in [1.54, 1.807) is 30.0 Å². The van der Waals surface area contributed by atoms with Crippen molar-refractivity contribution in [2.75, 3.05) is 12.4 Å². The largest absolute Gasteiger partial charge is 0.508 e. The van der Waals surface area contributed by atoms with Gasteiger partial charge in [-0.2, -0.15) is 0 Å². The van der Waals surface area contributed by atoms with Crippen molar-refractivity contribution < 1.29 is 14.6 Å². The van der Waals surface area contributed by atoms with Gasteiger partial charge in [-0.15, -0.1) is 11.8 Å². The SMILES string of the molecule is O=C(NCc1cccc(O)c1)c1ccccc1SCC1CCCO1. The fourth-order valence-corrected chi connectivity index (χ4v) is 3.80. The lowest BCUT2D eigenvalue weighted by molar-refractivity contribution is 0.0947. The van der Waals surface area contributed by atoms with Crippen LogP contribution in [0.5, 0.6) is 5.75 Å². The smallest absolute Gasteiger partial charge is 0.252 e. The fourth-order valence-electron chi connectivity index (χ4n) is 2.68. The summed E-state index contributed by atoms with van der Waals surface area (Å²) in [5.74, 6) is 0.972. The molecule has 0 spiro atoms. The van der Waals surface area contributed by atoms with Crippen molar-refractivity contribution in [3.05, 3.63) is 59.7 Å². The highest BCUT2D eigenvalue weighted by Crippen LogP contribution is 2.26. The number of hydrogen-bond donors (Lipinski definition) is 2. The average molecular weight is 343 g/mol. The molecule has 5 heteroatoms. The molecule has 1 atom stereocenters. The molecule has 1 aliphatic heterocycles. The Morgan fingerprint density at radius 2 is 2.12 bits per heavy atom. The molecule has 1 fully saturated rings. The van der Waals surface area contributed by atoms with Crippen molar-refractivity contribution in [1.82, 2.24) is 5.32 Å². The number of phenols is 1. The van der Waals surface area contributed by atoms with Gasteiger partial charge in [-0.3, -0.25) is 4.79 Å². The Hall–Kier alpha value is -1.98. The summed E-state index contributed by atoms with van der Waals surface area (Å²) in [5.41, 5.74) is 1.55. The van der Waals surface area contributed by atoms with Crippen LogP contribution >= 0.6 is 11.8 Å². The van der Waals surface area contributed by atoms with Gasteiger partial charge in [0, 0.05) is 23.8 Å². The Morgan fingerprint density at radius 3 is 2.92 bits per heavy atom. The Kier molecular flexibility index (Phi) is 5.77. The van der Waals surface area contributed by atoms with Crippen molar-refractivity contribution in [2.45, 2.75) is 30.4 Å². The Labute approximate surface area is 146 Å². The number of carbonyl (C=O) groups excluding carboxylic acids is 1. The van der Waals surface area contributed by atoms with Gasteiger partial charge in [0.05, 0.1) is 11.7 Å². The number of phenolic OH excluding ortho intramolecular Hbond substituents is 1. The van der Waals surface area contributed by atoms with Gasteiger partial charge in [-0.1, -0.05) is 24.3 Å². The molecule has 126 valence electrons. The summed E-state index contributed by atoms with van der Waals surface area (Å²) in [7, 11) is 0. The molecule has 0 bridgehead atoms. The molecule has 2 N–H and O–H groups in total. The summed E-state index contributed by atoms with van der Waals surface area (Å²) < 4.78 is 5.65. The molecule has 0 aromatic heterocycles. The predicted molar refractivity (Wildman–Crippen MR) is 95.4 cm³/mol. The highest BCUT2D eigenvalue weighted by molar-refractivity contribution is 7.99. The first-order chi connectivity index (χ1) is 11.7. The Morgan fingerprint density at radius 1 is 1.25 bits per heavy atom. The van der Waals surface area contributed by atoms with Gasteiger partial charge in [0.1, 0.15) is 5.75 Å². The molecule has 2 aromatic carbocycles. The fraction of sp³-hybridized carbons (Fsp3) is 0.316. The third-order valence-electron chi connectivity index (χ3n) is 3.94. The van der Waals surface area contributed by atoms with Crippen LogP contribution in [0.25, 0.3) is 0 Å². The summed E-state index contributed by atoms with van der Waals surface area (Å²) >= 11 is 1.67. The number of benzene rings is 2. The first kappa shape index (κ1) is 16.9. The van der Waals surface area contributed by atoms with Gasteiger partial charge < -0.3 is 15.2 Å². The summed E-state index contributed by atoms with van der Waals surface area (Å²) in [4.78, 5) is 13.5. The molecule has 24 heavy (non-hydrogen) atoms. The maximum Gasteiger partial charge on any atom is 0.252 e. The molecule has 0 saturated carbocycles. The highest BCUT2D eigenvalue weighted by atomic mass is 32.2. The topological polar surface area (TPSA) is 58.6 Å². The third-order valence-corrected chi connectivity index (χ3v) is 5.15. The summed E-state index contributed by atoms with van der Waals surface area (Å²) in [6.45, 7) is 1.23. The number of hydrogen-bond acceptors (Lipinski definition) is 4. The van der Waals surface area contributed by atoms with E-state index < -0.39 is 0 Å². The minimum Gasteiger partial charge on any atom is -0.508 e. The van der Waals surface area contributed by atoms with Gasteiger partial charge >= 0.3 is 0 Å².